The van der Waals surface area contributed by atoms with Crippen LogP contribution in [0.2, 0.25) is 0 Å². The molecular weight excluding hydrogens is 270 g/mol. The Hall–Kier alpha value is -1.95. The van der Waals surface area contributed by atoms with Gasteiger partial charge in [-0.1, -0.05) is 18.0 Å². The third kappa shape index (κ3) is 2.63. The standard InChI is InChI=1S/C15H19N3O3/c1-10-13-7-11(8-16-14(13)21-17-10)15(20)18-6-4-2-3-5-12(18)9-19/h7-8,12,19H,2-6,9H2,1H3. The van der Waals surface area contributed by atoms with Crippen LogP contribution in [0.3, 0.4) is 0 Å². The number of hydrogen-bond donors (Lipinski definition) is 1. The fourth-order valence-corrected chi connectivity index (χ4v) is 2.86. The summed E-state index contributed by atoms with van der Waals surface area (Å²) < 4.78 is 5.07. The molecule has 6 heteroatoms. The molecule has 112 valence electrons. The second kappa shape index (κ2) is 5.81. The molecule has 1 fully saturated rings. The lowest BCUT2D eigenvalue weighted by Crippen LogP contribution is -2.42. The maximum absolute atomic E-state index is 12.7. The molecule has 1 amide bonds. The minimum atomic E-state index is -0.0979. The number of aliphatic hydroxyl groups excluding tert-OH is 1. The van der Waals surface area contributed by atoms with E-state index in [0.717, 1.165) is 36.8 Å². The van der Waals surface area contributed by atoms with Crippen molar-refractivity contribution in [1.29, 1.82) is 0 Å². The van der Waals surface area contributed by atoms with Crippen LogP contribution in [0, 0.1) is 6.92 Å². The molecule has 0 aliphatic carbocycles. The van der Waals surface area contributed by atoms with Gasteiger partial charge < -0.3 is 14.5 Å². The third-order valence-electron chi connectivity index (χ3n) is 4.11. The summed E-state index contributed by atoms with van der Waals surface area (Å²) in [6.07, 6.45) is 5.50. The molecule has 1 aliphatic heterocycles. The van der Waals surface area contributed by atoms with E-state index in [-0.39, 0.29) is 18.6 Å². The number of aromatic nitrogens is 2. The first kappa shape index (κ1) is 14.0. The average Bonchev–Trinajstić information content (AvgIpc) is 2.74. The molecule has 2 aromatic heterocycles. The largest absolute Gasteiger partial charge is 0.394 e. The van der Waals surface area contributed by atoms with Crippen LogP contribution in [0.1, 0.15) is 41.7 Å². The van der Waals surface area contributed by atoms with E-state index in [1.807, 2.05) is 6.92 Å². The number of carbonyl (C=O) groups is 1. The van der Waals surface area contributed by atoms with Crippen LogP contribution < -0.4 is 0 Å². The van der Waals surface area contributed by atoms with E-state index in [4.69, 9.17) is 4.52 Å². The number of rotatable bonds is 2. The summed E-state index contributed by atoms with van der Waals surface area (Å²) >= 11 is 0. The molecule has 3 rings (SSSR count). The number of fused-ring (bicyclic) bond motifs is 1. The molecule has 0 saturated carbocycles. The van der Waals surface area contributed by atoms with Gasteiger partial charge in [0, 0.05) is 12.7 Å². The van der Waals surface area contributed by atoms with Gasteiger partial charge in [-0.25, -0.2) is 4.98 Å². The van der Waals surface area contributed by atoms with Gasteiger partial charge in [-0.3, -0.25) is 4.79 Å². The number of carbonyl (C=O) groups excluding carboxylic acids is 1. The quantitative estimate of drug-likeness (QED) is 0.913. The monoisotopic (exact) mass is 289 g/mol. The van der Waals surface area contributed by atoms with Crippen molar-refractivity contribution in [2.75, 3.05) is 13.2 Å². The number of aliphatic hydroxyl groups is 1. The summed E-state index contributed by atoms with van der Waals surface area (Å²) in [5.41, 5.74) is 1.69. The van der Waals surface area contributed by atoms with E-state index in [9.17, 15) is 9.90 Å². The van der Waals surface area contributed by atoms with E-state index in [1.54, 1.807) is 11.0 Å². The highest BCUT2D eigenvalue weighted by Crippen LogP contribution is 2.21. The van der Waals surface area contributed by atoms with Gasteiger partial charge in [-0.15, -0.1) is 0 Å². The fourth-order valence-electron chi connectivity index (χ4n) is 2.86. The van der Waals surface area contributed by atoms with Crippen molar-refractivity contribution in [3.8, 4) is 0 Å². The molecule has 3 heterocycles. The van der Waals surface area contributed by atoms with Crippen LogP contribution in [-0.4, -0.2) is 45.2 Å². The second-order valence-corrected chi connectivity index (χ2v) is 5.53. The van der Waals surface area contributed by atoms with Gasteiger partial charge in [0.05, 0.1) is 29.3 Å². The molecule has 1 atom stereocenters. The zero-order chi connectivity index (χ0) is 14.8. The first-order chi connectivity index (χ1) is 10.2. The lowest BCUT2D eigenvalue weighted by atomic mass is 10.1. The maximum Gasteiger partial charge on any atom is 0.257 e. The number of likely N-dealkylation sites (tertiary alicyclic amines) is 1. The van der Waals surface area contributed by atoms with Crippen molar-refractivity contribution in [2.24, 2.45) is 0 Å². The van der Waals surface area contributed by atoms with Gasteiger partial charge in [0.15, 0.2) is 0 Å². The van der Waals surface area contributed by atoms with Crippen molar-refractivity contribution in [1.82, 2.24) is 15.0 Å². The predicted molar refractivity (Wildman–Crippen MR) is 76.9 cm³/mol. The molecule has 0 aromatic carbocycles. The van der Waals surface area contributed by atoms with E-state index in [1.165, 1.54) is 6.20 Å². The molecule has 1 N–H and O–H groups in total. The van der Waals surface area contributed by atoms with E-state index in [2.05, 4.69) is 10.1 Å². The Morgan fingerprint density at radius 3 is 3.14 bits per heavy atom. The van der Waals surface area contributed by atoms with Crippen LogP contribution in [0.5, 0.6) is 0 Å². The van der Waals surface area contributed by atoms with Crippen LogP contribution in [0.25, 0.3) is 11.1 Å². The topological polar surface area (TPSA) is 79.5 Å². The highest BCUT2D eigenvalue weighted by molar-refractivity contribution is 5.97. The van der Waals surface area contributed by atoms with E-state index < -0.39 is 0 Å². The summed E-state index contributed by atoms with van der Waals surface area (Å²) in [4.78, 5) is 18.7. The summed E-state index contributed by atoms with van der Waals surface area (Å²) in [5, 5.41) is 14.1. The summed E-state index contributed by atoms with van der Waals surface area (Å²) in [7, 11) is 0. The number of nitrogens with zero attached hydrogens (tertiary/aromatic N) is 3. The molecule has 0 bridgehead atoms. The SMILES string of the molecule is Cc1noc2ncc(C(=O)N3CCCCCC3CO)cc12. The lowest BCUT2D eigenvalue weighted by molar-refractivity contribution is 0.0599. The Kier molecular flexibility index (Phi) is 3.88. The molecular formula is C15H19N3O3. The molecule has 0 spiro atoms. The van der Waals surface area contributed by atoms with Crippen molar-refractivity contribution in [3.63, 3.8) is 0 Å². The highest BCUT2D eigenvalue weighted by Gasteiger charge is 2.26. The lowest BCUT2D eigenvalue weighted by Gasteiger charge is -2.28. The van der Waals surface area contributed by atoms with Gasteiger partial charge >= 0.3 is 0 Å². The normalized spacial score (nSPS) is 19.7. The van der Waals surface area contributed by atoms with Gasteiger partial charge in [-0.05, 0) is 25.8 Å². The third-order valence-corrected chi connectivity index (χ3v) is 4.11. The number of pyridine rings is 1. The van der Waals surface area contributed by atoms with E-state index in [0.29, 0.717) is 17.8 Å². The number of hydrogen-bond acceptors (Lipinski definition) is 5. The van der Waals surface area contributed by atoms with E-state index >= 15 is 0 Å². The van der Waals surface area contributed by atoms with Crippen molar-refractivity contribution in [2.45, 2.75) is 38.6 Å². The van der Waals surface area contributed by atoms with Crippen molar-refractivity contribution >= 4 is 17.0 Å². The van der Waals surface area contributed by atoms with Gasteiger partial charge in [-0.2, -0.15) is 0 Å². The van der Waals surface area contributed by atoms with Gasteiger partial charge in [0.1, 0.15) is 0 Å². The molecule has 1 unspecified atom stereocenters. The average molecular weight is 289 g/mol. The summed E-state index contributed by atoms with van der Waals surface area (Å²) in [6.45, 7) is 2.52. The Labute approximate surface area is 122 Å². The zero-order valence-electron chi connectivity index (χ0n) is 12.1. The summed E-state index contributed by atoms with van der Waals surface area (Å²) in [5.74, 6) is -0.0778. The van der Waals surface area contributed by atoms with Crippen LogP contribution in [0.4, 0.5) is 0 Å². The van der Waals surface area contributed by atoms with Gasteiger partial charge in [0.2, 0.25) is 0 Å². The highest BCUT2D eigenvalue weighted by atomic mass is 16.5. The Balaban J connectivity index is 1.92. The van der Waals surface area contributed by atoms with Crippen LogP contribution in [0.15, 0.2) is 16.8 Å². The Bertz CT molecular complexity index is 653. The molecule has 0 radical (unpaired) electrons. The van der Waals surface area contributed by atoms with Crippen LogP contribution >= 0.6 is 0 Å². The van der Waals surface area contributed by atoms with Crippen molar-refractivity contribution < 1.29 is 14.4 Å². The number of amides is 1. The predicted octanol–water partition coefficient (Wildman–Crippen LogP) is 1.91. The zero-order valence-corrected chi connectivity index (χ0v) is 12.1. The number of aryl methyl sites for hydroxylation is 1. The minimum Gasteiger partial charge on any atom is -0.394 e. The smallest absolute Gasteiger partial charge is 0.257 e. The first-order valence-electron chi connectivity index (χ1n) is 7.34. The maximum atomic E-state index is 12.7. The van der Waals surface area contributed by atoms with Crippen LogP contribution in [-0.2, 0) is 0 Å². The van der Waals surface area contributed by atoms with Gasteiger partial charge in [0.25, 0.3) is 11.6 Å². The molecule has 1 aliphatic rings. The Morgan fingerprint density at radius 2 is 2.33 bits per heavy atom. The Morgan fingerprint density at radius 1 is 1.48 bits per heavy atom. The molecule has 1 saturated heterocycles. The minimum absolute atomic E-state index is 0.00765. The van der Waals surface area contributed by atoms with Crippen molar-refractivity contribution in [3.05, 3.63) is 23.5 Å². The molecule has 2 aromatic rings. The second-order valence-electron chi connectivity index (χ2n) is 5.53. The first-order valence-corrected chi connectivity index (χ1v) is 7.34. The fraction of sp³-hybridized carbons (Fsp3) is 0.533. The molecule has 21 heavy (non-hydrogen) atoms. The summed E-state index contributed by atoms with van der Waals surface area (Å²) in [6, 6.07) is 1.68. The molecule has 6 nitrogen and oxygen atoms in total.